The Hall–Kier alpha value is -2.53. The van der Waals surface area contributed by atoms with E-state index >= 15 is 0 Å². The van der Waals surface area contributed by atoms with Crippen LogP contribution in [0.15, 0.2) is 48.7 Å². The predicted molar refractivity (Wildman–Crippen MR) is 112 cm³/mol. The summed E-state index contributed by atoms with van der Waals surface area (Å²) in [6.45, 7) is 5.80. The lowest BCUT2D eigenvalue weighted by Crippen LogP contribution is -1.95. The van der Waals surface area contributed by atoms with Gasteiger partial charge in [-0.1, -0.05) is 31.6 Å². The van der Waals surface area contributed by atoms with E-state index in [0.29, 0.717) is 0 Å². The quantitative estimate of drug-likeness (QED) is 0.342. The zero-order valence-electron chi connectivity index (χ0n) is 15.8. The molecule has 0 saturated carbocycles. The van der Waals surface area contributed by atoms with Gasteiger partial charge >= 0.3 is 0 Å². The van der Waals surface area contributed by atoms with Gasteiger partial charge in [-0.15, -0.1) is 0 Å². The zero-order chi connectivity index (χ0) is 18.6. The number of ether oxygens (including phenoxy) is 2. The Morgan fingerprint density at radius 3 is 2.48 bits per heavy atom. The highest BCUT2D eigenvalue weighted by atomic mass is 32.1. The summed E-state index contributed by atoms with van der Waals surface area (Å²) in [5.41, 5.74) is 3.25. The van der Waals surface area contributed by atoms with Crippen molar-refractivity contribution in [1.82, 2.24) is 9.38 Å². The van der Waals surface area contributed by atoms with Gasteiger partial charge in [0.25, 0.3) is 0 Å². The molecule has 4 nitrogen and oxygen atoms in total. The van der Waals surface area contributed by atoms with Crippen molar-refractivity contribution in [3.63, 3.8) is 0 Å². The molecule has 0 unspecified atom stereocenters. The Morgan fingerprint density at radius 1 is 0.926 bits per heavy atom. The van der Waals surface area contributed by atoms with Crippen LogP contribution in [0.25, 0.3) is 26.4 Å². The smallest absolute Gasteiger partial charge is 0.195 e. The van der Waals surface area contributed by atoms with Gasteiger partial charge in [-0.25, -0.2) is 4.98 Å². The van der Waals surface area contributed by atoms with Crippen LogP contribution in [0, 0.1) is 0 Å². The normalized spacial score (nSPS) is 11.3. The number of thiazole rings is 1. The number of unbranched alkanes of at least 4 members (excludes halogenated alkanes) is 1. The van der Waals surface area contributed by atoms with Gasteiger partial charge < -0.3 is 9.47 Å². The van der Waals surface area contributed by atoms with E-state index in [0.717, 1.165) is 65.7 Å². The van der Waals surface area contributed by atoms with Crippen LogP contribution >= 0.6 is 11.3 Å². The fraction of sp³-hybridized carbons (Fsp3) is 0.318. The van der Waals surface area contributed by atoms with E-state index in [1.807, 2.05) is 18.2 Å². The first-order chi connectivity index (χ1) is 13.3. The molecule has 2 aromatic carbocycles. The van der Waals surface area contributed by atoms with Crippen molar-refractivity contribution in [3.05, 3.63) is 48.7 Å². The summed E-state index contributed by atoms with van der Waals surface area (Å²) in [5.74, 6) is 1.84. The SMILES string of the molecule is CCCCOc1ccc(-c2cn3c(n2)sc2cc(OCCC)ccc23)cc1. The second-order valence-corrected chi connectivity index (χ2v) is 7.59. The number of hydrogen-bond acceptors (Lipinski definition) is 4. The third-order valence-electron chi connectivity index (χ3n) is 4.46. The number of benzene rings is 2. The molecule has 0 amide bonds. The average Bonchev–Trinajstić information content (AvgIpc) is 3.24. The van der Waals surface area contributed by atoms with Crippen molar-refractivity contribution in [1.29, 1.82) is 0 Å². The number of nitrogens with zero attached hydrogens (tertiary/aromatic N) is 2. The number of rotatable bonds is 8. The first-order valence-corrected chi connectivity index (χ1v) is 10.4. The van der Waals surface area contributed by atoms with Crippen LogP contribution in [0.3, 0.4) is 0 Å². The molecule has 0 radical (unpaired) electrons. The summed E-state index contributed by atoms with van der Waals surface area (Å²) in [5, 5.41) is 0. The first kappa shape index (κ1) is 17.9. The second kappa shape index (κ2) is 8.01. The predicted octanol–water partition coefficient (Wildman–Crippen LogP) is 6.18. The molecule has 0 aliphatic rings. The molecule has 0 aliphatic heterocycles. The summed E-state index contributed by atoms with van der Waals surface area (Å²) in [6, 6.07) is 14.4. The standard InChI is InChI=1S/C22H24N2O2S/c1-3-5-13-26-17-8-6-16(7-9-17)19-15-24-20-11-10-18(25-12-4-2)14-21(20)27-22(24)23-19/h6-11,14-15H,3-5,12-13H2,1-2H3. The lowest BCUT2D eigenvalue weighted by atomic mass is 10.1. The molecule has 4 aromatic rings. The van der Waals surface area contributed by atoms with E-state index < -0.39 is 0 Å². The Morgan fingerprint density at radius 2 is 1.70 bits per heavy atom. The van der Waals surface area contributed by atoms with Gasteiger partial charge in [0.05, 0.1) is 29.1 Å². The molecule has 4 rings (SSSR count). The molecular formula is C22H24N2O2S. The summed E-state index contributed by atoms with van der Waals surface area (Å²) in [7, 11) is 0. The minimum absolute atomic E-state index is 0.746. The van der Waals surface area contributed by atoms with E-state index in [2.05, 4.69) is 48.7 Å². The third-order valence-corrected chi connectivity index (χ3v) is 5.47. The van der Waals surface area contributed by atoms with Crippen molar-refractivity contribution in [2.45, 2.75) is 33.1 Å². The highest BCUT2D eigenvalue weighted by molar-refractivity contribution is 7.23. The molecule has 0 atom stereocenters. The molecular weight excluding hydrogens is 356 g/mol. The van der Waals surface area contributed by atoms with E-state index in [1.54, 1.807) is 11.3 Å². The van der Waals surface area contributed by atoms with Crippen molar-refractivity contribution in [3.8, 4) is 22.8 Å². The maximum atomic E-state index is 5.74. The van der Waals surface area contributed by atoms with Crippen LogP contribution in [0.4, 0.5) is 0 Å². The molecule has 2 heterocycles. The number of imidazole rings is 1. The van der Waals surface area contributed by atoms with Gasteiger partial charge in [-0.2, -0.15) is 0 Å². The summed E-state index contributed by atoms with van der Waals surface area (Å²) >= 11 is 1.69. The molecule has 0 N–H and O–H groups in total. The lowest BCUT2D eigenvalue weighted by molar-refractivity contribution is 0.309. The zero-order valence-corrected chi connectivity index (χ0v) is 16.6. The van der Waals surface area contributed by atoms with Gasteiger partial charge in [0.15, 0.2) is 4.96 Å². The van der Waals surface area contributed by atoms with Crippen molar-refractivity contribution >= 4 is 26.5 Å². The summed E-state index contributed by atoms with van der Waals surface area (Å²) in [4.78, 5) is 5.81. The molecule has 0 fully saturated rings. The minimum Gasteiger partial charge on any atom is -0.494 e. The monoisotopic (exact) mass is 380 g/mol. The topological polar surface area (TPSA) is 35.8 Å². The van der Waals surface area contributed by atoms with Gasteiger partial charge in [-0.05, 0) is 55.3 Å². The van der Waals surface area contributed by atoms with Crippen LogP contribution in [0.5, 0.6) is 11.5 Å². The number of aromatic nitrogens is 2. The minimum atomic E-state index is 0.746. The van der Waals surface area contributed by atoms with E-state index in [9.17, 15) is 0 Å². The summed E-state index contributed by atoms with van der Waals surface area (Å²) < 4.78 is 14.8. The third kappa shape index (κ3) is 3.78. The van der Waals surface area contributed by atoms with Crippen LogP contribution in [0.1, 0.15) is 33.1 Å². The Bertz CT molecular complexity index is 1030. The van der Waals surface area contributed by atoms with Crippen LogP contribution < -0.4 is 9.47 Å². The molecule has 0 bridgehead atoms. The fourth-order valence-electron chi connectivity index (χ4n) is 2.99. The summed E-state index contributed by atoms with van der Waals surface area (Å²) in [6.07, 6.45) is 5.34. The van der Waals surface area contributed by atoms with Crippen molar-refractivity contribution < 1.29 is 9.47 Å². The van der Waals surface area contributed by atoms with Gasteiger partial charge in [0, 0.05) is 11.8 Å². The van der Waals surface area contributed by atoms with Crippen molar-refractivity contribution in [2.24, 2.45) is 0 Å². The Balaban J connectivity index is 1.58. The molecule has 140 valence electrons. The lowest BCUT2D eigenvalue weighted by Gasteiger charge is -2.05. The van der Waals surface area contributed by atoms with E-state index in [1.165, 1.54) is 4.70 Å². The van der Waals surface area contributed by atoms with Crippen molar-refractivity contribution in [2.75, 3.05) is 13.2 Å². The first-order valence-electron chi connectivity index (χ1n) is 9.56. The number of hydrogen-bond donors (Lipinski definition) is 0. The highest BCUT2D eigenvalue weighted by Gasteiger charge is 2.11. The molecule has 0 saturated heterocycles. The highest BCUT2D eigenvalue weighted by Crippen LogP contribution is 2.32. The van der Waals surface area contributed by atoms with Gasteiger partial charge in [0.2, 0.25) is 0 Å². The molecule has 5 heteroatoms. The largest absolute Gasteiger partial charge is 0.494 e. The van der Waals surface area contributed by atoms with Gasteiger partial charge in [0.1, 0.15) is 11.5 Å². The average molecular weight is 381 g/mol. The molecule has 0 aliphatic carbocycles. The Labute approximate surface area is 163 Å². The van der Waals surface area contributed by atoms with Crippen LogP contribution in [-0.4, -0.2) is 22.6 Å². The van der Waals surface area contributed by atoms with Crippen LogP contribution in [0.2, 0.25) is 0 Å². The molecule has 27 heavy (non-hydrogen) atoms. The maximum absolute atomic E-state index is 5.74. The maximum Gasteiger partial charge on any atom is 0.195 e. The Kier molecular flexibility index (Phi) is 5.30. The fourth-order valence-corrected chi connectivity index (χ4v) is 4.02. The molecule has 0 spiro atoms. The van der Waals surface area contributed by atoms with Gasteiger partial charge in [-0.3, -0.25) is 4.40 Å². The molecule has 2 aromatic heterocycles. The van der Waals surface area contributed by atoms with E-state index in [4.69, 9.17) is 14.5 Å². The van der Waals surface area contributed by atoms with E-state index in [-0.39, 0.29) is 0 Å². The number of fused-ring (bicyclic) bond motifs is 3. The second-order valence-electron chi connectivity index (χ2n) is 6.59. The van der Waals surface area contributed by atoms with Crippen LogP contribution in [-0.2, 0) is 0 Å².